The van der Waals surface area contributed by atoms with Gasteiger partial charge in [-0.1, -0.05) is 68.8 Å². The summed E-state index contributed by atoms with van der Waals surface area (Å²) in [4.78, 5) is 29.2. The lowest BCUT2D eigenvalue weighted by Gasteiger charge is -2.43. The molecular formula is C27H32N4O2. The van der Waals surface area contributed by atoms with Crippen LogP contribution in [0.1, 0.15) is 60.6 Å². The molecule has 1 aliphatic heterocycles. The van der Waals surface area contributed by atoms with Crippen molar-refractivity contribution >= 4 is 17.5 Å². The largest absolute Gasteiger partial charge is 0.350 e. The van der Waals surface area contributed by atoms with E-state index < -0.39 is 5.54 Å². The van der Waals surface area contributed by atoms with Gasteiger partial charge in [-0.3, -0.25) is 19.2 Å². The van der Waals surface area contributed by atoms with Gasteiger partial charge in [0.05, 0.1) is 12.2 Å². The van der Waals surface area contributed by atoms with Gasteiger partial charge in [0.25, 0.3) is 5.91 Å². The predicted octanol–water partition coefficient (Wildman–Crippen LogP) is 4.53. The fourth-order valence-electron chi connectivity index (χ4n) is 4.35. The first-order chi connectivity index (χ1) is 15.5. The standard InChI is InChI=1S/C27H32N4O2/c1-18-12-13-21(19(2)14-18)31-24(32)22-15-23(26(3,4)5)29-30(22)17-27(31,6)25(33)28-16-20-10-8-7-9-11-20/h7-15H,16-17H2,1-6H3,(H,28,33)/t27-/m0/s1. The molecule has 0 fully saturated rings. The van der Waals surface area contributed by atoms with E-state index in [-0.39, 0.29) is 23.8 Å². The molecule has 1 N–H and O–H groups in total. The molecule has 0 radical (unpaired) electrons. The van der Waals surface area contributed by atoms with Crippen molar-refractivity contribution in [2.75, 3.05) is 4.90 Å². The minimum absolute atomic E-state index is 0.207. The van der Waals surface area contributed by atoms with Crippen molar-refractivity contribution in [3.63, 3.8) is 0 Å². The summed E-state index contributed by atoms with van der Waals surface area (Å²) in [5.74, 6) is -0.424. The SMILES string of the molecule is Cc1ccc(N2C(=O)c3cc(C(C)(C)C)nn3C[C@@]2(C)C(=O)NCc2ccccc2)c(C)c1. The fourth-order valence-corrected chi connectivity index (χ4v) is 4.35. The average Bonchev–Trinajstić information content (AvgIpc) is 3.19. The zero-order valence-electron chi connectivity index (χ0n) is 20.3. The molecule has 2 amide bonds. The van der Waals surface area contributed by atoms with E-state index in [0.717, 1.165) is 28.1 Å². The number of aryl methyl sites for hydroxylation is 2. The zero-order chi connectivity index (χ0) is 24.0. The molecule has 172 valence electrons. The monoisotopic (exact) mass is 444 g/mol. The van der Waals surface area contributed by atoms with Gasteiger partial charge in [0.2, 0.25) is 5.91 Å². The lowest BCUT2D eigenvalue weighted by molar-refractivity contribution is -0.126. The maximum atomic E-state index is 13.9. The molecule has 2 aromatic carbocycles. The third kappa shape index (κ3) is 4.17. The third-order valence-electron chi connectivity index (χ3n) is 6.30. The number of aromatic nitrogens is 2. The normalized spacial score (nSPS) is 18.2. The molecule has 1 atom stereocenters. The van der Waals surface area contributed by atoms with E-state index in [2.05, 4.69) is 26.1 Å². The van der Waals surface area contributed by atoms with Crippen molar-refractivity contribution in [2.24, 2.45) is 0 Å². The van der Waals surface area contributed by atoms with Crippen LogP contribution in [-0.2, 0) is 23.3 Å². The molecule has 6 nitrogen and oxygen atoms in total. The highest BCUT2D eigenvalue weighted by Gasteiger charge is 2.49. The molecule has 6 heteroatoms. The van der Waals surface area contributed by atoms with Gasteiger partial charge >= 0.3 is 0 Å². The van der Waals surface area contributed by atoms with Gasteiger partial charge < -0.3 is 5.32 Å². The number of nitrogens with zero attached hydrogens (tertiary/aromatic N) is 3. The first-order valence-corrected chi connectivity index (χ1v) is 11.3. The van der Waals surface area contributed by atoms with Gasteiger partial charge in [0.1, 0.15) is 11.2 Å². The Bertz CT molecular complexity index is 1210. The minimum atomic E-state index is -1.14. The van der Waals surface area contributed by atoms with E-state index in [4.69, 9.17) is 5.10 Å². The van der Waals surface area contributed by atoms with Gasteiger partial charge in [-0.25, -0.2) is 0 Å². The van der Waals surface area contributed by atoms with Crippen molar-refractivity contribution in [3.05, 3.63) is 82.7 Å². The Morgan fingerprint density at radius 1 is 1.09 bits per heavy atom. The number of hydrogen-bond acceptors (Lipinski definition) is 3. The van der Waals surface area contributed by atoms with Crippen LogP contribution in [-0.4, -0.2) is 27.1 Å². The van der Waals surface area contributed by atoms with Crippen LogP contribution in [0.3, 0.4) is 0 Å². The summed E-state index contributed by atoms with van der Waals surface area (Å²) in [5.41, 5.74) is 3.80. The number of benzene rings is 2. The first-order valence-electron chi connectivity index (χ1n) is 11.3. The van der Waals surface area contributed by atoms with Crippen LogP contribution in [0.4, 0.5) is 5.69 Å². The minimum Gasteiger partial charge on any atom is -0.350 e. The lowest BCUT2D eigenvalue weighted by Crippen LogP contribution is -2.64. The molecule has 1 aliphatic rings. The molecule has 2 heterocycles. The summed E-state index contributed by atoms with van der Waals surface area (Å²) in [6, 6.07) is 17.6. The van der Waals surface area contributed by atoms with E-state index >= 15 is 0 Å². The second-order valence-electron chi connectivity index (χ2n) is 10.2. The Kier molecular flexibility index (Phi) is 5.64. The Hall–Kier alpha value is -3.41. The van der Waals surface area contributed by atoms with Gasteiger partial charge in [-0.05, 0) is 44.0 Å². The zero-order valence-corrected chi connectivity index (χ0v) is 20.3. The second kappa shape index (κ2) is 8.18. The van der Waals surface area contributed by atoms with Crippen LogP contribution in [0.25, 0.3) is 0 Å². The van der Waals surface area contributed by atoms with Gasteiger partial charge in [0, 0.05) is 17.6 Å². The third-order valence-corrected chi connectivity index (χ3v) is 6.30. The van der Waals surface area contributed by atoms with Crippen molar-refractivity contribution in [1.29, 1.82) is 0 Å². The van der Waals surface area contributed by atoms with Crippen LogP contribution in [0.5, 0.6) is 0 Å². The van der Waals surface area contributed by atoms with Crippen molar-refractivity contribution < 1.29 is 9.59 Å². The van der Waals surface area contributed by atoms with Gasteiger partial charge in [-0.15, -0.1) is 0 Å². The fraction of sp³-hybridized carbons (Fsp3) is 0.370. The predicted molar refractivity (Wildman–Crippen MR) is 130 cm³/mol. The molecule has 33 heavy (non-hydrogen) atoms. The number of nitrogens with one attached hydrogen (secondary N) is 1. The van der Waals surface area contributed by atoms with Crippen molar-refractivity contribution in [2.45, 2.75) is 65.6 Å². The van der Waals surface area contributed by atoms with Crippen LogP contribution in [0.15, 0.2) is 54.6 Å². The smallest absolute Gasteiger partial charge is 0.277 e. The van der Waals surface area contributed by atoms with Crippen LogP contribution >= 0.6 is 0 Å². The molecule has 3 aromatic rings. The Labute approximate surface area is 195 Å². The Balaban J connectivity index is 1.78. The number of hydrogen-bond donors (Lipinski definition) is 1. The molecule has 0 bridgehead atoms. The van der Waals surface area contributed by atoms with E-state index in [1.165, 1.54) is 0 Å². The van der Waals surface area contributed by atoms with Gasteiger partial charge in [0.15, 0.2) is 0 Å². The van der Waals surface area contributed by atoms with E-state index in [1.807, 2.05) is 75.4 Å². The highest BCUT2D eigenvalue weighted by atomic mass is 16.2. The summed E-state index contributed by atoms with van der Waals surface area (Å²) in [6.07, 6.45) is 0. The van der Waals surface area contributed by atoms with Crippen molar-refractivity contribution in [3.8, 4) is 0 Å². The van der Waals surface area contributed by atoms with Crippen molar-refractivity contribution in [1.82, 2.24) is 15.1 Å². The van der Waals surface area contributed by atoms with E-state index in [9.17, 15) is 9.59 Å². The van der Waals surface area contributed by atoms with Crippen LogP contribution in [0.2, 0.25) is 0 Å². The number of fused-ring (bicyclic) bond motifs is 1. The Morgan fingerprint density at radius 2 is 1.79 bits per heavy atom. The second-order valence-corrected chi connectivity index (χ2v) is 10.2. The topological polar surface area (TPSA) is 67.2 Å². The highest BCUT2D eigenvalue weighted by molar-refractivity contribution is 6.12. The van der Waals surface area contributed by atoms with E-state index in [1.54, 1.807) is 9.58 Å². The van der Waals surface area contributed by atoms with Gasteiger partial charge in [-0.2, -0.15) is 5.10 Å². The van der Waals surface area contributed by atoms with E-state index in [0.29, 0.717) is 12.2 Å². The molecule has 0 spiro atoms. The summed E-state index contributed by atoms with van der Waals surface area (Å²) in [6.45, 7) is 12.7. The molecule has 0 saturated heterocycles. The highest BCUT2D eigenvalue weighted by Crippen LogP contribution is 2.36. The number of amides is 2. The maximum absolute atomic E-state index is 13.9. The van der Waals surface area contributed by atoms with Crippen LogP contribution < -0.4 is 10.2 Å². The molecule has 0 aliphatic carbocycles. The lowest BCUT2D eigenvalue weighted by atomic mass is 9.91. The molecule has 0 saturated carbocycles. The summed E-state index contributed by atoms with van der Waals surface area (Å²) in [5, 5.41) is 7.78. The number of anilines is 1. The summed E-state index contributed by atoms with van der Waals surface area (Å²) >= 11 is 0. The Morgan fingerprint density at radius 3 is 2.42 bits per heavy atom. The first kappa shape index (κ1) is 22.8. The molecule has 4 rings (SSSR count). The molecular weight excluding hydrogens is 412 g/mol. The number of rotatable bonds is 4. The van der Waals surface area contributed by atoms with Crippen LogP contribution in [0, 0.1) is 13.8 Å². The summed E-state index contributed by atoms with van der Waals surface area (Å²) < 4.78 is 1.70. The number of carbonyl (C=O) groups excluding carboxylic acids is 2. The molecule has 1 aromatic heterocycles. The number of carbonyl (C=O) groups is 2. The quantitative estimate of drug-likeness (QED) is 0.643. The maximum Gasteiger partial charge on any atom is 0.277 e. The summed E-state index contributed by atoms with van der Waals surface area (Å²) in [7, 11) is 0. The average molecular weight is 445 g/mol. The molecule has 0 unspecified atom stereocenters.